The van der Waals surface area contributed by atoms with Gasteiger partial charge in [0.05, 0.1) is 0 Å². The fourth-order valence-electron chi connectivity index (χ4n) is 2.40. The summed E-state index contributed by atoms with van der Waals surface area (Å²) in [5.74, 6) is 1.10. The Labute approximate surface area is 130 Å². The van der Waals surface area contributed by atoms with Crippen molar-refractivity contribution < 1.29 is 8.42 Å². The molecular weight excluding hydrogens is 308 g/mol. The minimum Gasteiger partial charge on any atom is -0.313 e. The molecule has 1 aromatic rings. The highest BCUT2D eigenvalue weighted by Crippen LogP contribution is 2.37. The van der Waals surface area contributed by atoms with Crippen molar-refractivity contribution in [2.45, 2.75) is 49.9 Å². The predicted molar refractivity (Wildman–Crippen MR) is 86.0 cm³/mol. The molecule has 1 aliphatic rings. The maximum atomic E-state index is 12.5. The van der Waals surface area contributed by atoms with E-state index >= 15 is 0 Å². The third kappa shape index (κ3) is 4.00. The number of H-pyrrole nitrogens is 1. The summed E-state index contributed by atoms with van der Waals surface area (Å²) in [5.41, 5.74) is 1.51. The van der Waals surface area contributed by atoms with Crippen molar-refractivity contribution in [1.29, 1.82) is 0 Å². The molecule has 8 heteroatoms. The maximum absolute atomic E-state index is 12.5. The zero-order chi connectivity index (χ0) is 15.5. The third-order valence-corrected chi connectivity index (χ3v) is 6.69. The number of thioether (sulfide) groups is 1. The molecule has 0 aromatic carbocycles. The molecule has 2 rings (SSSR count). The normalized spacial score (nSPS) is 22.8. The lowest BCUT2D eigenvalue weighted by Crippen LogP contribution is -2.37. The van der Waals surface area contributed by atoms with Crippen LogP contribution in [0.4, 0.5) is 0 Å². The first-order chi connectivity index (χ1) is 9.88. The molecule has 0 amide bonds. The van der Waals surface area contributed by atoms with Crippen LogP contribution in [0, 0.1) is 6.92 Å². The van der Waals surface area contributed by atoms with Gasteiger partial charge < -0.3 is 5.32 Å². The van der Waals surface area contributed by atoms with E-state index in [0.29, 0.717) is 18.7 Å². The van der Waals surface area contributed by atoms with Crippen molar-refractivity contribution in [1.82, 2.24) is 20.2 Å². The molecule has 2 heterocycles. The van der Waals surface area contributed by atoms with Crippen LogP contribution in [0.5, 0.6) is 0 Å². The number of aryl methyl sites for hydroxylation is 1. The molecule has 0 saturated carbocycles. The van der Waals surface area contributed by atoms with Crippen molar-refractivity contribution >= 4 is 21.8 Å². The number of hydrogen-bond acceptors (Lipinski definition) is 5. The minimum atomic E-state index is -3.57. The highest BCUT2D eigenvalue weighted by molar-refractivity contribution is 8.01. The van der Waals surface area contributed by atoms with E-state index in [9.17, 15) is 8.42 Å². The number of rotatable bonds is 7. The molecule has 1 aliphatic heterocycles. The van der Waals surface area contributed by atoms with Gasteiger partial charge in [0.1, 0.15) is 0 Å². The molecule has 0 aliphatic carbocycles. The molecule has 6 nitrogen and oxygen atoms in total. The average molecular weight is 332 g/mol. The van der Waals surface area contributed by atoms with Crippen LogP contribution in [0.2, 0.25) is 0 Å². The molecule has 1 unspecified atom stereocenters. The van der Waals surface area contributed by atoms with Crippen molar-refractivity contribution in [2.75, 3.05) is 18.8 Å². The molecule has 1 fully saturated rings. The number of nitrogens with zero attached hydrogens (tertiary/aromatic N) is 1. The predicted octanol–water partition coefficient (Wildman–Crippen LogP) is 1.39. The first-order valence-electron chi connectivity index (χ1n) is 7.26. The number of aromatic nitrogens is 2. The van der Waals surface area contributed by atoms with E-state index < -0.39 is 10.0 Å². The van der Waals surface area contributed by atoms with Gasteiger partial charge in [0.25, 0.3) is 10.0 Å². The summed E-state index contributed by atoms with van der Waals surface area (Å²) in [6.45, 7) is 7.68. The smallest absolute Gasteiger partial charge is 0.260 e. The lowest BCUT2D eigenvalue weighted by Gasteiger charge is -2.22. The molecule has 1 aromatic heterocycles. The van der Waals surface area contributed by atoms with Crippen LogP contribution in [-0.2, 0) is 16.6 Å². The van der Waals surface area contributed by atoms with E-state index in [1.165, 1.54) is 0 Å². The van der Waals surface area contributed by atoms with Crippen LogP contribution in [0.25, 0.3) is 0 Å². The summed E-state index contributed by atoms with van der Waals surface area (Å²) in [6.07, 6.45) is 2.19. The first kappa shape index (κ1) is 16.8. The van der Waals surface area contributed by atoms with Gasteiger partial charge in [0.2, 0.25) is 0 Å². The largest absolute Gasteiger partial charge is 0.313 e. The Morgan fingerprint density at radius 1 is 1.48 bits per heavy atom. The lowest BCUT2D eigenvalue weighted by molar-refractivity contribution is 0.548. The quantitative estimate of drug-likeness (QED) is 0.702. The van der Waals surface area contributed by atoms with Crippen molar-refractivity contribution in [3.8, 4) is 0 Å². The average Bonchev–Trinajstić information content (AvgIpc) is 3.02. The van der Waals surface area contributed by atoms with Crippen LogP contribution in [-0.4, -0.2) is 42.2 Å². The summed E-state index contributed by atoms with van der Waals surface area (Å²) < 4.78 is 27.7. The Kier molecular flexibility index (Phi) is 5.34. The van der Waals surface area contributed by atoms with Gasteiger partial charge in [-0.3, -0.25) is 5.10 Å². The van der Waals surface area contributed by atoms with Crippen LogP contribution in [0.3, 0.4) is 0 Å². The second-order valence-corrected chi connectivity index (χ2v) is 9.00. The molecule has 3 N–H and O–H groups in total. The van der Waals surface area contributed by atoms with E-state index in [1.54, 1.807) is 0 Å². The molecule has 0 radical (unpaired) electrons. The molecule has 21 heavy (non-hydrogen) atoms. The van der Waals surface area contributed by atoms with E-state index in [-0.39, 0.29) is 9.77 Å². The zero-order valence-corrected chi connectivity index (χ0v) is 14.5. The molecule has 1 saturated heterocycles. The topological polar surface area (TPSA) is 86.9 Å². The van der Waals surface area contributed by atoms with Crippen LogP contribution >= 0.6 is 11.8 Å². The van der Waals surface area contributed by atoms with Crippen molar-refractivity contribution in [2.24, 2.45) is 0 Å². The van der Waals surface area contributed by atoms with Crippen LogP contribution in [0.15, 0.2) is 5.03 Å². The van der Waals surface area contributed by atoms with Gasteiger partial charge in [-0.25, -0.2) is 13.1 Å². The fraction of sp³-hybridized carbons (Fsp3) is 0.769. The van der Waals surface area contributed by atoms with Crippen molar-refractivity contribution in [3.63, 3.8) is 0 Å². The fourth-order valence-corrected chi connectivity index (χ4v) is 5.10. The monoisotopic (exact) mass is 332 g/mol. The van der Waals surface area contributed by atoms with Gasteiger partial charge in [-0.15, -0.1) is 0 Å². The van der Waals surface area contributed by atoms with E-state index in [1.807, 2.05) is 25.6 Å². The second kappa shape index (κ2) is 6.68. The van der Waals surface area contributed by atoms with Gasteiger partial charge in [-0.2, -0.15) is 16.9 Å². The number of aromatic amines is 1. The van der Waals surface area contributed by atoms with Gasteiger partial charge in [0.15, 0.2) is 5.03 Å². The Morgan fingerprint density at radius 2 is 2.24 bits per heavy atom. The molecule has 0 bridgehead atoms. The third-order valence-electron chi connectivity index (χ3n) is 3.78. The van der Waals surface area contributed by atoms with Gasteiger partial charge in [-0.05, 0) is 39.0 Å². The van der Waals surface area contributed by atoms with E-state index in [2.05, 4.69) is 27.2 Å². The minimum absolute atomic E-state index is 0.000252. The number of nitrogens with one attached hydrogen (secondary N) is 3. The Balaban J connectivity index is 2.12. The standard InChI is InChI=1S/C13H24N4O2S2/c1-4-14-8-11-10(2)16-17-12(11)21(18,19)15-9-13(3)6-5-7-20-13/h14-15H,4-9H2,1-3H3,(H,16,17). The summed E-state index contributed by atoms with van der Waals surface area (Å²) in [7, 11) is -3.57. The van der Waals surface area contributed by atoms with Gasteiger partial charge >= 0.3 is 0 Å². The van der Waals surface area contributed by atoms with E-state index in [0.717, 1.165) is 30.8 Å². The molecule has 1 atom stereocenters. The van der Waals surface area contributed by atoms with E-state index in [4.69, 9.17) is 0 Å². The zero-order valence-electron chi connectivity index (χ0n) is 12.8. The molecule has 0 spiro atoms. The maximum Gasteiger partial charge on any atom is 0.260 e. The van der Waals surface area contributed by atoms with Crippen LogP contribution < -0.4 is 10.0 Å². The molecule has 120 valence electrons. The summed E-state index contributed by atoms with van der Waals surface area (Å²) in [5, 5.41) is 10.0. The Bertz CT molecular complexity index is 577. The SMILES string of the molecule is CCNCc1c(S(=O)(=O)NCC2(C)CCCS2)n[nH]c1C. The Morgan fingerprint density at radius 3 is 2.86 bits per heavy atom. The van der Waals surface area contributed by atoms with Crippen molar-refractivity contribution in [3.05, 3.63) is 11.3 Å². The number of sulfonamides is 1. The van der Waals surface area contributed by atoms with Gasteiger partial charge in [0, 0.05) is 29.1 Å². The summed E-state index contributed by atoms with van der Waals surface area (Å²) in [6, 6.07) is 0. The second-order valence-electron chi connectivity index (χ2n) is 5.64. The number of hydrogen-bond donors (Lipinski definition) is 3. The molecular formula is C13H24N4O2S2. The highest BCUT2D eigenvalue weighted by Gasteiger charge is 2.32. The Hall–Kier alpha value is -0.570. The van der Waals surface area contributed by atoms with Crippen LogP contribution in [0.1, 0.15) is 37.9 Å². The first-order valence-corrected chi connectivity index (χ1v) is 9.73. The van der Waals surface area contributed by atoms with Gasteiger partial charge in [-0.1, -0.05) is 6.92 Å². The highest BCUT2D eigenvalue weighted by atomic mass is 32.2. The summed E-state index contributed by atoms with van der Waals surface area (Å²) in [4.78, 5) is 0. The lowest BCUT2D eigenvalue weighted by atomic mass is 10.1. The summed E-state index contributed by atoms with van der Waals surface area (Å²) >= 11 is 1.84.